The summed E-state index contributed by atoms with van der Waals surface area (Å²) in [6, 6.07) is 5.34. The highest BCUT2D eigenvalue weighted by Gasteiger charge is 2.33. The van der Waals surface area contributed by atoms with Crippen molar-refractivity contribution < 1.29 is 9.53 Å². The van der Waals surface area contributed by atoms with Gasteiger partial charge in [-0.15, -0.1) is 0 Å². The van der Waals surface area contributed by atoms with Crippen LogP contribution in [0.3, 0.4) is 0 Å². The molecule has 2 aromatic rings. The van der Waals surface area contributed by atoms with E-state index in [1.807, 2.05) is 24.9 Å². The highest BCUT2D eigenvalue weighted by atomic mass is 16.5. The summed E-state index contributed by atoms with van der Waals surface area (Å²) in [7, 11) is 3.34. The van der Waals surface area contributed by atoms with Crippen LogP contribution in [-0.4, -0.2) is 46.5 Å². The molecule has 0 spiro atoms. The van der Waals surface area contributed by atoms with Crippen LogP contribution in [0.25, 0.3) is 0 Å². The molecule has 0 bridgehead atoms. The van der Waals surface area contributed by atoms with Crippen LogP contribution < -0.4 is 10.1 Å². The monoisotopic (exact) mass is 327 g/mol. The number of nitrogens with one attached hydrogen (secondary N) is 1. The number of hydrogen-bond acceptors (Lipinski definition) is 6. The topological polar surface area (TPSA) is 80.2 Å². The predicted molar refractivity (Wildman–Crippen MR) is 90.1 cm³/mol. The number of hydrogen-bond donors (Lipinski definition) is 1. The summed E-state index contributed by atoms with van der Waals surface area (Å²) in [4.78, 5) is 27.8. The van der Waals surface area contributed by atoms with E-state index in [0.717, 1.165) is 24.4 Å². The van der Waals surface area contributed by atoms with Gasteiger partial charge in [0.1, 0.15) is 17.2 Å². The molecule has 0 aliphatic carbocycles. The first kappa shape index (κ1) is 16.2. The number of likely N-dealkylation sites (tertiary alicyclic amines) is 1. The van der Waals surface area contributed by atoms with E-state index in [2.05, 4.69) is 20.3 Å². The Kier molecular flexibility index (Phi) is 4.59. The molecular weight excluding hydrogens is 306 g/mol. The lowest BCUT2D eigenvalue weighted by Crippen LogP contribution is -2.31. The summed E-state index contributed by atoms with van der Waals surface area (Å²) in [6.45, 7) is 2.55. The molecular formula is C17H21N5O2. The molecule has 3 rings (SSSR count). The molecule has 1 atom stereocenters. The number of aromatic nitrogens is 3. The molecule has 0 unspecified atom stereocenters. The van der Waals surface area contributed by atoms with Crippen molar-refractivity contribution in [1.29, 1.82) is 0 Å². The summed E-state index contributed by atoms with van der Waals surface area (Å²) in [6.07, 6.45) is 3.44. The molecule has 0 aromatic carbocycles. The van der Waals surface area contributed by atoms with Crippen molar-refractivity contribution in [2.75, 3.05) is 26.0 Å². The van der Waals surface area contributed by atoms with Crippen molar-refractivity contribution >= 4 is 11.7 Å². The molecule has 1 amide bonds. The number of methoxy groups -OCH3 is 1. The normalized spacial score (nSPS) is 17.0. The van der Waals surface area contributed by atoms with Crippen LogP contribution in [0.5, 0.6) is 5.88 Å². The quantitative estimate of drug-likeness (QED) is 0.927. The Labute approximate surface area is 141 Å². The molecule has 0 radical (unpaired) electrons. The van der Waals surface area contributed by atoms with E-state index in [9.17, 15) is 4.79 Å². The lowest BCUT2D eigenvalue weighted by Gasteiger charge is -2.25. The molecule has 1 saturated heterocycles. The zero-order valence-corrected chi connectivity index (χ0v) is 14.1. The molecule has 1 N–H and O–H groups in total. The predicted octanol–water partition coefficient (Wildman–Crippen LogP) is 2.21. The lowest BCUT2D eigenvalue weighted by atomic mass is 10.1. The van der Waals surface area contributed by atoms with Gasteiger partial charge in [-0.2, -0.15) is 0 Å². The minimum absolute atomic E-state index is 0.0591. The van der Waals surface area contributed by atoms with Crippen LogP contribution in [0.2, 0.25) is 0 Å². The minimum atomic E-state index is -0.0790. The Bertz CT molecular complexity index is 750. The standard InChI is InChI=1S/C17H21N5O2/c1-11-20-13(10-15(18-2)21-11)14-7-5-9-22(14)17(23)12-6-4-8-19-16(12)24-3/h4,6,8,10,14H,5,7,9H2,1-3H3,(H,18,20,21)/t14-/m0/s1. The minimum Gasteiger partial charge on any atom is -0.480 e. The van der Waals surface area contributed by atoms with Crippen LogP contribution in [0.4, 0.5) is 5.82 Å². The van der Waals surface area contributed by atoms with E-state index >= 15 is 0 Å². The maximum absolute atomic E-state index is 13.0. The van der Waals surface area contributed by atoms with E-state index in [1.165, 1.54) is 7.11 Å². The highest BCUT2D eigenvalue weighted by Crippen LogP contribution is 2.34. The van der Waals surface area contributed by atoms with Gasteiger partial charge in [0.25, 0.3) is 5.91 Å². The second-order valence-corrected chi connectivity index (χ2v) is 5.69. The second-order valence-electron chi connectivity index (χ2n) is 5.69. The fraction of sp³-hybridized carbons (Fsp3) is 0.412. The SMILES string of the molecule is CNc1cc([C@@H]2CCCN2C(=O)c2cccnc2OC)nc(C)n1. The molecule has 7 heteroatoms. The average Bonchev–Trinajstić information content (AvgIpc) is 3.10. The number of rotatable bonds is 4. The van der Waals surface area contributed by atoms with Crippen molar-refractivity contribution in [3.63, 3.8) is 0 Å². The molecule has 1 aliphatic rings. The third-order valence-electron chi connectivity index (χ3n) is 4.16. The van der Waals surface area contributed by atoms with E-state index in [1.54, 1.807) is 18.3 Å². The molecule has 126 valence electrons. The van der Waals surface area contributed by atoms with Crippen LogP contribution in [0.1, 0.15) is 40.8 Å². The number of nitrogens with zero attached hydrogens (tertiary/aromatic N) is 4. The number of carbonyl (C=O) groups is 1. The number of pyridine rings is 1. The number of aryl methyl sites for hydroxylation is 1. The van der Waals surface area contributed by atoms with Crippen LogP contribution in [0.15, 0.2) is 24.4 Å². The van der Waals surface area contributed by atoms with Crippen molar-refractivity contribution in [2.45, 2.75) is 25.8 Å². The molecule has 2 aromatic heterocycles. The highest BCUT2D eigenvalue weighted by molar-refractivity contribution is 5.96. The van der Waals surface area contributed by atoms with Crippen molar-refractivity contribution in [1.82, 2.24) is 19.9 Å². The first-order valence-corrected chi connectivity index (χ1v) is 7.97. The van der Waals surface area contributed by atoms with Gasteiger partial charge in [0.2, 0.25) is 5.88 Å². The third kappa shape index (κ3) is 3.02. The maximum Gasteiger partial charge on any atom is 0.259 e. The number of ether oxygens (including phenoxy) is 1. The van der Waals surface area contributed by atoms with Crippen molar-refractivity contribution in [3.05, 3.63) is 41.5 Å². The number of carbonyl (C=O) groups excluding carboxylic acids is 1. The van der Waals surface area contributed by atoms with Crippen LogP contribution in [-0.2, 0) is 0 Å². The fourth-order valence-corrected chi connectivity index (χ4v) is 3.08. The van der Waals surface area contributed by atoms with E-state index in [4.69, 9.17) is 4.74 Å². The Morgan fingerprint density at radius 2 is 2.25 bits per heavy atom. The Morgan fingerprint density at radius 1 is 1.42 bits per heavy atom. The second kappa shape index (κ2) is 6.82. The molecule has 1 aliphatic heterocycles. The summed E-state index contributed by atoms with van der Waals surface area (Å²) < 4.78 is 5.23. The Balaban J connectivity index is 1.93. The third-order valence-corrected chi connectivity index (χ3v) is 4.16. The van der Waals surface area contributed by atoms with Gasteiger partial charge in [0.05, 0.1) is 18.8 Å². The largest absolute Gasteiger partial charge is 0.480 e. The van der Waals surface area contributed by atoms with Gasteiger partial charge >= 0.3 is 0 Å². The van der Waals surface area contributed by atoms with Gasteiger partial charge in [0, 0.05) is 25.9 Å². The van der Waals surface area contributed by atoms with Crippen molar-refractivity contribution in [3.8, 4) is 5.88 Å². The zero-order valence-electron chi connectivity index (χ0n) is 14.1. The summed E-state index contributed by atoms with van der Waals surface area (Å²) in [5.74, 6) is 1.72. The smallest absolute Gasteiger partial charge is 0.259 e. The van der Waals surface area contributed by atoms with Gasteiger partial charge in [-0.1, -0.05) is 0 Å². The maximum atomic E-state index is 13.0. The number of amides is 1. The molecule has 24 heavy (non-hydrogen) atoms. The van der Waals surface area contributed by atoms with Crippen molar-refractivity contribution in [2.24, 2.45) is 0 Å². The van der Waals surface area contributed by atoms with Gasteiger partial charge in [-0.3, -0.25) is 4.79 Å². The van der Waals surface area contributed by atoms with E-state index in [-0.39, 0.29) is 11.9 Å². The van der Waals surface area contributed by atoms with Gasteiger partial charge in [-0.05, 0) is 31.9 Å². The first-order chi connectivity index (χ1) is 11.6. The average molecular weight is 327 g/mol. The van der Waals surface area contributed by atoms with Gasteiger partial charge < -0.3 is 15.0 Å². The zero-order chi connectivity index (χ0) is 17.1. The Hall–Kier alpha value is -2.70. The van der Waals surface area contributed by atoms with E-state index < -0.39 is 0 Å². The number of anilines is 1. The summed E-state index contributed by atoms with van der Waals surface area (Å²) in [5, 5.41) is 3.04. The van der Waals surface area contributed by atoms with Gasteiger partial charge in [-0.25, -0.2) is 15.0 Å². The van der Waals surface area contributed by atoms with Crippen LogP contribution in [0, 0.1) is 6.92 Å². The van der Waals surface area contributed by atoms with Crippen LogP contribution >= 0.6 is 0 Å². The molecule has 3 heterocycles. The molecule has 7 nitrogen and oxygen atoms in total. The fourth-order valence-electron chi connectivity index (χ4n) is 3.08. The first-order valence-electron chi connectivity index (χ1n) is 7.97. The summed E-state index contributed by atoms with van der Waals surface area (Å²) >= 11 is 0. The summed E-state index contributed by atoms with van der Waals surface area (Å²) in [5.41, 5.74) is 1.34. The van der Waals surface area contributed by atoms with Gasteiger partial charge in [0.15, 0.2) is 0 Å². The Morgan fingerprint density at radius 3 is 3.00 bits per heavy atom. The molecule has 0 saturated carbocycles. The van der Waals surface area contributed by atoms with E-state index in [0.29, 0.717) is 23.8 Å². The lowest BCUT2D eigenvalue weighted by molar-refractivity contribution is 0.0728. The molecule has 1 fully saturated rings.